The van der Waals surface area contributed by atoms with E-state index in [-0.39, 0.29) is 36.7 Å². The van der Waals surface area contributed by atoms with Crippen LogP contribution in [0.4, 0.5) is 4.79 Å². The van der Waals surface area contributed by atoms with Gasteiger partial charge < -0.3 is 20.5 Å². The second kappa shape index (κ2) is 10.6. The van der Waals surface area contributed by atoms with Gasteiger partial charge in [-0.3, -0.25) is 4.79 Å². The molecule has 0 aromatic heterocycles. The molecule has 1 fully saturated rings. The lowest BCUT2D eigenvalue weighted by atomic mass is 9.66. The van der Waals surface area contributed by atoms with E-state index in [9.17, 15) is 19.5 Å². The zero-order valence-electron chi connectivity index (χ0n) is 19.8. The van der Waals surface area contributed by atoms with Crippen LogP contribution in [0.5, 0.6) is 0 Å². The molecular weight excluding hydrogens is 444 g/mol. The van der Waals surface area contributed by atoms with Crippen molar-refractivity contribution in [1.29, 1.82) is 0 Å². The van der Waals surface area contributed by atoms with E-state index < -0.39 is 18.1 Å². The van der Waals surface area contributed by atoms with E-state index in [0.717, 1.165) is 30.4 Å². The summed E-state index contributed by atoms with van der Waals surface area (Å²) in [6.45, 7) is 2.16. The second-order valence-corrected chi connectivity index (χ2v) is 9.30. The van der Waals surface area contributed by atoms with Gasteiger partial charge in [-0.25, -0.2) is 9.59 Å². The van der Waals surface area contributed by atoms with E-state index in [1.54, 1.807) is 6.92 Å². The van der Waals surface area contributed by atoms with Gasteiger partial charge in [-0.1, -0.05) is 55.0 Å². The summed E-state index contributed by atoms with van der Waals surface area (Å²) in [6.07, 6.45) is 2.24. The molecule has 3 N–H and O–H groups in total. The topological polar surface area (TPSA) is 105 Å². The van der Waals surface area contributed by atoms with Crippen molar-refractivity contribution in [2.24, 2.45) is 5.41 Å². The van der Waals surface area contributed by atoms with Gasteiger partial charge >= 0.3 is 12.1 Å². The predicted octanol–water partition coefficient (Wildman–Crippen LogP) is 4.07. The third-order valence-electron chi connectivity index (χ3n) is 7.02. The molecule has 1 unspecified atom stereocenters. The second-order valence-electron chi connectivity index (χ2n) is 9.30. The Morgan fingerprint density at radius 1 is 1.09 bits per heavy atom. The molecule has 1 atom stereocenters. The molecule has 2 aliphatic carbocycles. The molecule has 7 heteroatoms. The first-order valence-corrected chi connectivity index (χ1v) is 11.9. The van der Waals surface area contributed by atoms with Crippen LogP contribution >= 0.6 is 0 Å². The number of hydrogen-bond donors (Lipinski definition) is 3. The summed E-state index contributed by atoms with van der Waals surface area (Å²) in [5.74, 6) is 3.87. The van der Waals surface area contributed by atoms with Gasteiger partial charge in [0.05, 0.1) is 0 Å². The minimum absolute atomic E-state index is 0.0178. The number of ether oxygens (including phenoxy) is 1. The van der Waals surface area contributed by atoms with Crippen LogP contribution in [0.2, 0.25) is 0 Å². The number of hydrogen-bond acceptors (Lipinski definition) is 4. The summed E-state index contributed by atoms with van der Waals surface area (Å²) in [7, 11) is 0. The maximum absolute atomic E-state index is 12.6. The van der Waals surface area contributed by atoms with Crippen molar-refractivity contribution >= 4 is 18.0 Å². The van der Waals surface area contributed by atoms with Crippen LogP contribution in [-0.4, -0.2) is 42.3 Å². The Bertz CT molecular complexity index is 1130. The molecule has 35 heavy (non-hydrogen) atoms. The number of nitrogens with one attached hydrogen (secondary N) is 2. The Morgan fingerprint density at radius 2 is 1.71 bits per heavy atom. The number of carboxylic acids is 1. The Hall–Kier alpha value is -3.79. The molecule has 2 amide bonds. The van der Waals surface area contributed by atoms with Gasteiger partial charge in [-0.05, 0) is 47.4 Å². The van der Waals surface area contributed by atoms with E-state index in [0.29, 0.717) is 6.54 Å². The van der Waals surface area contributed by atoms with Crippen molar-refractivity contribution in [1.82, 2.24) is 10.6 Å². The number of alkyl carbamates (subject to hydrolysis) is 1. The van der Waals surface area contributed by atoms with Crippen LogP contribution in [0.15, 0.2) is 48.5 Å². The van der Waals surface area contributed by atoms with E-state index in [2.05, 4.69) is 46.7 Å². The highest BCUT2D eigenvalue weighted by molar-refractivity contribution is 5.84. The van der Waals surface area contributed by atoms with Gasteiger partial charge in [0.25, 0.3) is 0 Å². The Morgan fingerprint density at radius 3 is 2.26 bits per heavy atom. The molecule has 182 valence electrons. The van der Waals surface area contributed by atoms with Crippen molar-refractivity contribution in [3.8, 4) is 23.0 Å². The van der Waals surface area contributed by atoms with Gasteiger partial charge in [0.2, 0.25) is 5.91 Å². The fourth-order valence-electron chi connectivity index (χ4n) is 4.99. The van der Waals surface area contributed by atoms with Gasteiger partial charge in [-0.15, -0.1) is 11.8 Å². The van der Waals surface area contributed by atoms with Crippen LogP contribution in [0, 0.1) is 17.3 Å². The molecule has 0 saturated heterocycles. The van der Waals surface area contributed by atoms with Gasteiger partial charge in [-0.2, -0.15) is 0 Å². The van der Waals surface area contributed by atoms with Gasteiger partial charge in [0.15, 0.2) is 0 Å². The molecule has 0 bridgehead atoms. The lowest BCUT2D eigenvalue weighted by Gasteiger charge is -2.41. The maximum atomic E-state index is 12.6. The van der Waals surface area contributed by atoms with Crippen LogP contribution in [0.1, 0.15) is 56.1 Å². The van der Waals surface area contributed by atoms with Crippen LogP contribution in [-0.2, 0) is 14.3 Å². The number of amides is 2. The lowest BCUT2D eigenvalue weighted by molar-refractivity contribution is -0.142. The quantitative estimate of drug-likeness (QED) is 0.475. The first-order valence-electron chi connectivity index (χ1n) is 11.9. The van der Waals surface area contributed by atoms with Gasteiger partial charge in [0, 0.05) is 25.3 Å². The number of carboxylic acid groups (broad SMARTS) is 1. The first-order chi connectivity index (χ1) is 16.9. The molecule has 1 saturated carbocycles. The van der Waals surface area contributed by atoms with Gasteiger partial charge in [0.1, 0.15) is 12.6 Å². The molecular formula is C28H30N2O5. The fourth-order valence-corrected chi connectivity index (χ4v) is 4.99. The molecule has 7 nitrogen and oxygen atoms in total. The average molecular weight is 475 g/mol. The Balaban J connectivity index is 1.30. The van der Waals surface area contributed by atoms with Crippen molar-refractivity contribution in [3.05, 3.63) is 59.7 Å². The highest BCUT2D eigenvalue weighted by atomic mass is 16.5. The minimum atomic E-state index is -1.11. The van der Waals surface area contributed by atoms with E-state index in [1.165, 1.54) is 11.1 Å². The first kappa shape index (κ1) is 24.3. The molecule has 4 rings (SSSR count). The predicted molar refractivity (Wildman–Crippen MR) is 132 cm³/mol. The van der Waals surface area contributed by atoms with Crippen molar-refractivity contribution in [3.63, 3.8) is 0 Å². The largest absolute Gasteiger partial charge is 0.480 e. The van der Waals surface area contributed by atoms with E-state index in [1.807, 2.05) is 24.3 Å². The van der Waals surface area contributed by atoms with Crippen molar-refractivity contribution in [2.75, 3.05) is 13.2 Å². The highest BCUT2D eigenvalue weighted by Gasteiger charge is 2.40. The van der Waals surface area contributed by atoms with Crippen molar-refractivity contribution in [2.45, 2.75) is 51.0 Å². The molecule has 0 aliphatic heterocycles. The molecule has 0 spiro atoms. The molecule has 2 aromatic rings. The van der Waals surface area contributed by atoms with Crippen molar-refractivity contribution < 1.29 is 24.2 Å². The SMILES string of the molecule is CC#CCC(NC(=O)CC1(CNC(=O)OCC2c3ccccc3-c3ccccc32)CCC1)C(=O)O. The average Bonchev–Trinajstić information content (AvgIpc) is 3.15. The zero-order valence-corrected chi connectivity index (χ0v) is 19.8. The highest BCUT2D eigenvalue weighted by Crippen LogP contribution is 2.45. The zero-order chi connectivity index (χ0) is 24.8. The monoisotopic (exact) mass is 474 g/mol. The van der Waals surface area contributed by atoms with Crippen LogP contribution < -0.4 is 10.6 Å². The third kappa shape index (κ3) is 5.48. The summed E-state index contributed by atoms with van der Waals surface area (Å²) >= 11 is 0. The van der Waals surface area contributed by atoms with E-state index >= 15 is 0 Å². The normalized spacial score (nSPS) is 15.9. The summed E-state index contributed by atoms with van der Waals surface area (Å²) in [6, 6.07) is 15.3. The number of fused-ring (bicyclic) bond motifs is 3. The summed E-state index contributed by atoms with van der Waals surface area (Å²) in [5.41, 5.74) is 4.25. The smallest absolute Gasteiger partial charge is 0.407 e. The molecule has 2 aliphatic rings. The standard InChI is InChI=1S/C28H30N2O5/c1-2-3-13-24(26(32)33)30-25(31)16-28(14-8-15-28)18-29-27(34)35-17-23-21-11-6-4-9-19(21)20-10-5-7-12-22(20)23/h4-7,9-12,23-24H,8,13-18H2,1H3,(H,29,34)(H,30,31)(H,32,33). The number of benzene rings is 2. The summed E-state index contributed by atoms with van der Waals surface area (Å²) in [5, 5.41) is 14.7. The van der Waals surface area contributed by atoms with Crippen LogP contribution in [0.3, 0.4) is 0 Å². The third-order valence-corrected chi connectivity index (χ3v) is 7.02. The Labute approximate surface area is 205 Å². The molecule has 2 aromatic carbocycles. The number of aliphatic carboxylic acids is 1. The minimum Gasteiger partial charge on any atom is -0.480 e. The maximum Gasteiger partial charge on any atom is 0.407 e. The summed E-state index contributed by atoms with van der Waals surface area (Å²) in [4.78, 5) is 36.5. The molecule has 0 heterocycles. The number of rotatable bonds is 9. The van der Waals surface area contributed by atoms with E-state index in [4.69, 9.17) is 4.74 Å². The number of carbonyl (C=O) groups is 3. The number of carbonyl (C=O) groups excluding carboxylic acids is 2. The molecule has 0 radical (unpaired) electrons. The fraction of sp³-hybridized carbons (Fsp3) is 0.393. The Kier molecular flexibility index (Phi) is 7.40. The summed E-state index contributed by atoms with van der Waals surface area (Å²) < 4.78 is 5.61. The van der Waals surface area contributed by atoms with Crippen LogP contribution in [0.25, 0.3) is 11.1 Å². The lowest BCUT2D eigenvalue weighted by Crippen LogP contribution is -2.48.